The van der Waals surface area contributed by atoms with Gasteiger partial charge in [0, 0.05) is 13.8 Å². The molecule has 1 aliphatic heterocycles. The van der Waals surface area contributed by atoms with Crippen molar-refractivity contribution in [2.24, 2.45) is 0 Å². The molecule has 11 heteroatoms. The van der Waals surface area contributed by atoms with E-state index in [2.05, 4.69) is 15.0 Å². The zero-order chi connectivity index (χ0) is 18.3. The van der Waals surface area contributed by atoms with Crippen LogP contribution in [0.5, 0.6) is 0 Å². The summed E-state index contributed by atoms with van der Waals surface area (Å²) in [6.07, 6.45) is -1.58. The minimum absolute atomic E-state index is 0.0362. The zero-order valence-corrected chi connectivity index (χ0v) is 14.4. The number of ether oxygens (including phenoxy) is 3. The van der Waals surface area contributed by atoms with Crippen molar-refractivity contribution >= 4 is 40.7 Å². The van der Waals surface area contributed by atoms with Crippen molar-refractivity contribution in [3.05, 3.63) is 11.5 Å². The van der Waals surface area contributed by atoms with Gasteiger partial charge in [-0.15, -0.1) is 0 Å². The first kappa shape index (κ1) is 17.4. The Balaban J connectivity index is 2.05. The van der Waals surface area contributed by atoms with Crippen LogP contribution < -0.4 is 5.73 Å². The molecule has 0 aliphatic carbocycles. The number of carbonyl (C=O) groups excluding carboxylic acids is 2. The van der Waals surface area contributed by atoms with Crippen molar-refractivity contribution in [1.29, 1.82) is 0 Å². The summed E-state index contributed by atoms with van der Waals surface area (Å²) >= 11 is 6.03. The second-order valence-corrected chi connectivity index (χ2v) is 5.93. The average Bonchev–Trinajstić information content (AvgIpc) is 3.02. The first-order valence-corrected chi connectivity index (χ1v) is 7.81. The number of nitrogens with two attached hydrogens (primary N) is 1. The van der Waals surface area contributed by atoms with Crippen molar-refractivity contribution in [3.63, 3.8) is 0 Å². The molecule has 3 heterocycles. The molecule has 0 radical (unpaired) electrons. The van der Waals surface area contributed by atoms with Crippen LogP contribution in [0.4, 0.5) is 5.95 Å². The predicted octanol–water partition coefficient (Wildman–Crippen LogP) is 0.843. The van der Waals surface area contributed by atoms with Crippen molar-refractivity contribution in [2.75, 3.05) is 5.73 Å². The molecule has 134 valence electrons. The lowest BCUT2D eigenvalue weighted by molar-refractivity contribution is -0.165. The Morgan fingerprint density at radius 1 is 1.24 bits per heavy atom. The molecule has 3 rings (SSSR count). The van der Waals surface area contributed by atoms with Crippen LogP contribution in [-0.4, -0.2) is 49.8 Å². The van der Waals surface area contributed by atoms with Gasteiger partial charge in [0.2, 0.25) is 5.95 Å². The van der Waals surface area contributed by atoms with Crippen molar-refractivity contribution < 1.29 is 23.8 Å². The summed E-state index contributed by atoms with van der Waals surface area (Å²) in [4.78, 5) is 35.0. The lowest BCUT2D eigenvalue weighted by Crippen LogP contribution is -2.38. The second-order valence-electron chi connectivity index (χ2n) is 5.58. The van der Waals surface area contributed by atoms with Gasteiger partial charge in [-0.1, -0.05) is 11.6 Å². The molecule has 0 bridgehead atoms. The van der Waals surface area contributed by atoms with Crippen molar-refractivity contribution in [1.82, 2.24) is 19.5 Å². The number of hydrogen-bond donors (Lipinski definition) is 1. The Hall–Kier alpha value is -2.46. The molecule has 1 aliphatic rings. The maximum absolute atomic E-state index is 11.5. The first-order chi connectivity index (χ1) is 11.8. The third-order valence-electron chi connectivity index (χ3n) is 3.70. The third-order valence-corrected chi connectivity index (χ3v) is 3.96. The molecule has 0 amide bonds. The number of aromatic nitrogens is 4. The van der Waals surface area contributed by atoms with E-state index in [9.17, 15) is 9.59 Å². The summed E-state index contributed by atoms with van der Waals surface area (Å²) < 4.78 is 18.0. The summed E-state index contributed by atoms with van der Waals surface area (Å²) in [6, 6.07) is 0. The SMILES string of the molecule is CC(=O)O[C@@H]1[C@H](OC(C)=O)[C@@H](C)O[C@H]1n1cnc2c(Cl)nc(N)nc21. The normalized spacial score (nSPS) is 25.9. The highest BCUT2D eigenvalue weighted by atomic mass is 35.5. The molecule has 25 heavy (non-hydrogen) atoms. The van der Waals surface area contributed by atoms with Gasteiger partial charge in [-0.25, -0.2) is 4.98 Å². The smallest absolute Gasteiger partial charge is 0.303 e. The molecule has 10 nitrogen and oxygen atoms in total. The largest absolute Gasteiger partial charge is 0.456 e. The van der Waals surface area contributed by atoms with Gasteiger partial charge in [0.1, 0.15) is 5.52 Å². The average molecular weight is 370 g/mol. The molecule has 0 aromatic carbocycles. The van der Waals surface area contributed by atoms with E-state index in [1.807, 2.05) is 0 Å². The second kappa shape index (κ2) is 6.45. The Kier molecular flexibility index (Phi) is 4.48. The molecule has 2 N–H and O–H groups in total. The number of esters is 2. The number of carbonyl (C=O) groups is 2. The fraction of sp³-hybridized carbons (Fsp3) is 0.500. The number of halogens is 1. The van der Waals surface area contributed by atoms with Crippen molar-refractivity contribution in [2.45, 2.75) is 45.3 Å². The Labute approximate surface area is 147 Å². The topological polar surface area (TPSA) is 131 Å². The summed E-state index contributed by atoms with van der Waals surface area (Å²) in [5, 5.41) is 0.0906. The van der Waals surface area contributed by atoms with Crippen LogP contribution in [-0.2, 0) is 23.8 Å². The molecule has 2 aromatic rings. The van der Waals surface area contributed by atoms with Gasteiger partial charge < -0.3 is 19.9 Å². The Morgan fingerprint density at radius 3 is 2.52 bits per heavy atom. The van der Waals surface area contributed by atoms with Gasteiger partial charge in [0.15, 0.2) is 29.2 Å². The van der Waals surface area contributed by atoms with Crippen LogP contribution in [0, 0.1) is 0 Å². The van der Waals surface area contributed by atoms with Crippen LogP contribution in [0.25, 0.3) is 11.2 Å². The predicted molar refractivity (Wildman–Crippen MR) is 85.4 cm³/mol. The van der Waals surface area contributed by atoms with E-state index in [1.165, 1.54) is 24.7 Å². The number of nitrogens with zero attached hydrogens (tertiary/aromatic N) is 4. The number of nitrogen functional groups attached to an aromatic ring is 1. The fourth-order valence-electron chi connectivity index (χ4n) is 2.78. The van der Waals surface area contributed by atoms with Crippen LogP contribution in [0.2, 0.25) is 5.15 Å². The molecule has 2 aromatic heterocycles. The molecular formula is C14H16ClN5O5. The number of hydrogen-bond acceptors (Lipinski definition) is 9. The Morgan fingerprint density at radius 2 is 1.88 bits per heavy atom. The highest BCUT2D eigenvalue weighted by Crippen LogP contribution is 2.36. The number of rotatable bonds is 3. The molecule has 0 saturated carbocycles. The van der Waals surface area contributed by atoms with Gasteiger partial charge in [0.05, 0.1) is 12.4 Å². The fourth-order valence-corrected chi connectivity index (χ4v) is 3.00. The molecule has 4 atom stereocenters. The maximum Gasteiger partial charge on any atom is 0.303 e. The van der Waals surface area contributed by atoms with E-state index in [-0.39, 0.29) is 11.1 Å². The molecule has 1 saturated heterocycles. The van der Waals surface area contributed by atoms with Gasteiger partial charge >= 0.3 is 11.9 Å². The highest BCUT2D eigenvalue weighted by Gasteiger charge is 2.48. The quantitative estimate of drug-likeness (QED) is 0.617. The van der Waals surface area contributed by atoms with E-state index < -0.39 is 36.5 Å². The van der Waals surface area contributed by atoms with Crippen LogP contribution in [0.15, 0.2) is 6.33 Å². The van der Waals surface area contributed by atoms with E-state index >= 15 is 0 Å². The standard InChI is InChI=1S/C14H16ClN5O5/c1-5-9(24-6(2)21)10(25-7(3)22)13(23-5)20-4-17-8-11(15)18-14(16)19-12(8)20/h4-5,9-10,13H,1-3H3,(H2,16,18,19)/t5-,9-,10-,13-/m1/s1. The third kappa shape index (κ3) is 3.22. The number of imidazole rings is 1. The molecular weight excluding hydrogens is 354 g/mol. The number of anilines is 1. The van der Waals surface area contributed by atoms with Gasteiger partial charge in [-0.2, -0.15) is 9.97 Å². The van der Waals surface area contributed by atoms with E-state index in [4.69, 9.17) is 31.5 Å². The summed E-state index contributed by atoms with van der Waals surface area (Å²) in [5.41, 5.74) is 6.28. The first-order valence-electron chi connectivity index (χ1n) is 7.43. The van der Waals surface area contributed by atoms with E-state index in [1.54, 1.807) is 6.92 Å². The lowest BCUT2D eigenvalue weighted by atomic mass is 10.1. The highest BCUT2D eigenvalue weighted by molar-refractivity contribution is 6.33. The summed E-state index contributed by atoms with van der Waals surface area (Å²) in [6.45, 7) is 4.23. The van der Waals surface area contributed by atoms with Gasteiger partial charge in [-0.3, -0.25) is 14.2 Å². The van der Waals surface area contributed by atoms with Gasteiger partial charge in [0.25, 0.3) is 0 Å². The van der Waals surface area contributed by atoms with Gasteiger partial charge in [-0.05, 0) is 6.92 Å². The minimum Gasteiger partial charge on any atom is -0.456 e. The number of fused-ring (bicyclic) bond motifs is 1. The monoisotopic (exact) mass is 369 g/mol. The van der Waals surface area contributed by atoms with Crippen LogP contribution in [0.1, 0.15) is 27.0 Å². The summed E-state index contributed by atoms with van der Waals surface area (Å²) in [5.74, 6) is -1.09. The molecule has 1 fully saturated rings. The maximum atomic E-state index is 11.5. The van der Waals surface area contributed by atoms with Crippen LogP contribution in [0.3, 0.4) is 0 Å². The van der Waals surface area contributed by atoms with E-state index in [0.29, 0.717) is 11.2 Å². The minimum atomic E-state index is -0.885. The Bertz CT molecular complexity index is 840. The van der Waals surface area contributed by atoms with Crippen molar-refractivity contribution in [3.8, 4) is 0 Å². The summed E-state index contributed by atoms with van der Waals surface area (Å²) in [7, 11) is 0. The lowest BCUT2D eigenvalue weighted by Gasteiger charge is -2.23. The van der Waals surface area contributed by atoms with Crippen LogP contribution >= 0.6 is 11.6 Å². The molecule has 0 unspecified atom stereocenters. The zero-order valence-electron chi connectivity index (χ0n) is 13.7. The van der Waals surface area contributed by atoms with E-state index in [0.717, 1.165) is 0 Å². The molecule has 0 spiro atoms.